The molecule has 0 aliphatic carbocycles. The highest BCUT2D eigenvalue weighted by Crippen LogP contribution is 2.23. The molecule has 2 aromatic rings. The standard InChI is InChI=1S/C10H13BrN6/c1-5-4-13-10(15-12)14-9(5)17-7(3)8(11)6(2)16-17/h4H,12H2,1-3H3,(H,13,14,15). The molecule has 2 rings (SSSR count). The molecule has 0 atom stereocenters. The van der Waals surface area contributed by atoms with Gasteiger partial charge in [-0.25, -0.2) is 15.5 Å². The molecular formula is C10H13BrN6. The number of anilines is 1. The molecule has 0 unspecified atom stereocenters. The molecule has 6 nitrogen and oxygen atoms in total. The van der Waals surface area contributed by atoms with Crippen LogP contribution in [0.2, 0.25) is 0 Å². The zero-order chi connectivity index (χ0) is 12.6. The number of aryl methyl sites for hydroxylation is 2. The first kappa shape index (κ1) is 12.0. The van der Waals surface area contributed by atoms with Crippen LogP contribution < -0.4 is 11.3 Å². The highest BCUT2D eigenvalue weighted by atomic mass is 79.9. The number of nitrogens with zero attached hydrogens (tertiary/aromatic N) is 4. The topological polar surface area (TPSA) is 81.6 Å². The maximum Gasteiger partial charge on any atom is 0.239 e. The van der Waals surface area contributed by atoms with Crippen molar-refractivity contribution in [2.45, 2.75) is 20.8 Å². The van der Waals surface area contributed by atoms with Gasteiger partial charge in [-0.3, -0.25) is 5.43 Å². The summed E-state index contributed by atoms with van der Waals surface area (Å²) in [5, 5.41) is 4.43. The molecule has 0 spiro atoms. The molecule has 2 heterocycles. The van der Waals surface area contributed by atoms with Crippen LogP contribution in [-0.4, -0.2) is 19.7 Å². The second kappa shape index (κ2) is 4.42. The van der Waals surface area contributed by atoms with Gasteiger partial charge in [-0.05, 0) is 36.7 Å². The minimum absolute atomic E-state index is 0.370. The summed E-state index contributed by atoms with van der Waals surface area (Å²) in [5.74, 6) is 6.40. The van der Waals surface area contributed by atoms with E-state index >= 15 is 0 Å². The summed E-state index contributed by atoms with van der Waals surface area (Å²) >= 11 is 3.49. The van der Waals surface area contributed by atoms with E-state index in [-0.39, 0.29) is 0 Å². The number of halogens is 1. The van der Waals surface area contributed by atoms with Gasteiger partial charge in [0.25, 0.3) is 0 Å². The van der Waals surface area contributed by atoms with Crippen LogP contribution in [0.5, 0.6) is 0 Å². The molecule has 0 saturated carbocycles. The summed E-state index contributed by atoms with van der Waals surface area (Å²) < 4.78 is 2.76. The van der Waals surface area contributed by atoms with Gasteiger partial charge in [0.1, 0.15) is 0 Å². The van der Waals surface area contributed by atoms with Crippen molar-refractivity contribution in [1.82, 2.24) is 19.7 Å². The Morgan fingerprint density at radius 3 is 2.59 bits per heavy atom. The lowest BCUT2D eigenvalue weighted by atomic mass is 10.3. The van der Waals surface area contributed by atoms with Crippen LogP contribution in [0.25, 0.3) is 5.82 Å². The van der Waals surface area contributed by atoms with Gasteiger partial charge < -0.3 is 0 Å². The fourth-order valence-electron chi connectivity index (χ4n) is 1.55. The highest BCUT2D eigenvalue weighted by Gasteiger charge is 2.13. The lowest BCUT2D eigenvalue weighted by Gasteiger charge is -2.08. The predicted molar refractivity (Wildman–Crippen MR) is 68.9 cm³/mol. The minimum atomic E-state index is 0.370. The second-order valence-corrected chi connectivity index (χ2v) is 4.53. The second-order valence-electron chi connectivity index (χ2n) is 3.74. The van der Waals surface area contributed by atoms with Crippen molar-refractivity contribution in [3.63, 3.8) is 0 Å². The Balaban J connectivity index is 2.63. The molecule has 3 N–H and O–H groups in total. The average molecular weight is 297 g/mol. The number of hydrogen-bond donors (Lipinski definition) is 2. The Morgan fingerprint density at radius 1 is 1.35 bits per heavy atom. The number of nitrogens with one attached hydrogen (secondary N) is 1. The number of nitrogens with two attached hydrogens (primary N) is 1. The van der Waals surface area contributed by atoms with E-state index in [1.54, 1.807) is 10.9 Å². The summed E-state index contributed by atoms with van der Waals surface area (Å²) in [7, 11) is 0. The van der Waals surface area contributed by atoms with Crippen molar-refractivity contribution < 1.29 is 0 Å². The van der Waals surface area contributed by atoms with E-state index in [1.165, 1.54) is 0 Å². The minimum Gasteiger partial charge on any atom is -0.292 e. The highest BCUT2D eigenvalue weighted by molar-refractivity contribution is 9.10. The SMILES string of the molecule is Cc1cnc(NN)nc1-n1nc(C)c(Br)c1C. The molecule has 0 saturated heterocycles. The number of nitrogen functional groups attached to an aromatic ring is 1. The summed E-state index contributed by atoms with van der Waals surface area (Å²) in [4.78, 5) is 8.35. The molecule has 0 bridgehead atoms. The van der Waals surface area contributed by atoms with Gasteiger partial charge in [-0.1, -0.05) is 0 Å². The van der Waals surface area contributed by atoms with Crippen molar-refractivity contribution in [3.05, 3.63) is 27.6 Å². The van der Waals surface area contributed by atoms with E-state index in [1.807, 2.05) is 20.8 Å². The maximum absolute atomic E-state index is 5.31. The van der Waals surface area contributed by atoms with Crippen LogP contribution in [0.4, 0.5) is 5.95 Å². The first-order valence-electron chi connectivity index (χ1n) is 5.07. The van der Waals surface area contributed by atoms with E-state index in [0.29, 0.717) is 5.95 Å². The van der Waals surface area contributed by atoms with E-state index < -0.39 is 0 Å². The van der Waals surface area contributed by atoms with Gasteiger partial charge >= 0.3 is 0 Å². The lowest BCUT2D eigenvalue weighted by molar-refractivity contribution is 0.793. The lowest BCUT2D eigenvalue weighted by Crippen LogP contribution is -2.13. The third kappa shape index (κ3) is 2.03. The smallest absolute Gasteiger partial charge is 0.239 e. The van der Waals surface area contributed by atoms with Gasteiger partial charge in [0.15, 0.2) is 5.82 Å². The number of hydrazine groups is 1. The molecule has 0 aromatic carbocycles. The Hall–Kier alpha value is -1.47. The summed E-state index contributed by atoms with van der Waals surface area (Å²) in [5.41, 5.74) is 5.27. The third-order valence-corrected chi connectivity index (χ3v) is 3.63. The zero-order valence-electron chi connectivity index (χ0n) is 9.82. The maximum atomic E-state index is 5.31. The molecule has 0 radical (unpaired) electrons. The van der Waals surface area contributed by atoms with Gasteiger partial charge in [-0.15, -0.1) is 0 Å². The molecule has 17 heavy (non-hydrogen) atoms. The molecule has 7 heteroatoms. The van der Waals surface area contributed by atoms with Gasteiger partial charge in [0, 0.05) is 11.8 Å². The van der Waals surface area contributed by atoms with E-state index in [2.05, 4.69) is 36.4 Å². The number of rotatable bonds is 2. The molecule has 0 aliphatic rings. The zero-order valence-corrected chi connectivity index (χ0v) is 11.4. The van der Waals surface area contributed by atoms with E-state index in [0.717, 1.165) is 27.2 Å². The normalized spacial score (nSPS) is 10.6. The van der Waals surface area contributed by atoms with Crippen LogP contribution >= 0.6 is 15.9 Å². The molecule has 0 fully saturated rings. The Kier molecular flexibility index (Phi) is 3.12. The third-order valence-electron chi connectivity index (χ3n) is 2.48. The van der Waals surface area contributed by atoms with Gasteiger partial charge in [-0.2, -0.15) is 10.1 Å². The quantitative estimate of drug-likeness (QED) is 0.650. The number of aromatic nitrogens is 4. The fraction of sp³-hybridized carbons (Fsp3) is 0.300. The summed E-state index contributed by atoms with van der Waals surface area (Å²) in [6.45, 7) is 5.84. The first-order valence-corrected chi connectivity index (χ1v) is 5.86. The van der Waals surface area contributed by atoms with Crippen LogP contribution in [0.1, 0.15) is 17.0 Å². The molecule has 0 amide bonds. The summed E-state index contributed by atoms with van der Waals surface area (Å²) in [6, 6.07) is 0. The van der Waals surface area contributed by atoms with Crippen LogP contribution in [0.15, 0.2) is 10.7 Å². The van der Waals surface area contributed by atoms with Crippen molar-refractivity contribution in [1.29, 1.82) is 0 Å². The first-order chi connectivity index (χ1) is 8.04. The molecule has 2 aromatic heterocycles. The van der Waals surface area contributed by atoms with Crippen LogP contribution in [0.3, 0.4) is 0 Å². The van der Waals surface area contributed by atoms with Crippen molar-refractivity contribution in [2.75, 3.05) is 5.43 Å². The molecule has 90 valence electrons. The monoisotopic (exact) mass is 296 g/mol. The Morgan fingerprint density at radius 2 is 2.06 bits per heavy atom. The van der Waals surface area contributed by atoms with Gasteiger partial charge in [0.05, 0.1) is 15.9 Å². The molecular weight excluding hydrogens is 284 g/mol. The predicted octanol–water partition coefficient (Wildman–Crippen LogP) is 1.64. The summed E-state index contributed by atoms with van der Waals surface area (Å²) in [6.07, 6.45) is 1.71. The Labute approximate surface area is 107 Å². The van der Waals surface area contributed by atoms with E-state index in [4.69, 9.17) is 5.84 Å². The van der Waals surface area contributed by atoms with E-state index in [9.17, 15) is 0 Å². The van der Waals surface area contributed by atoms with Crippen LogP contribution in [-0.2, 0) is 0 Å². The van der Waals surface area contributed by atoms with Crippen molar-refractivity contribution in [3.8, 4) is 5.82 Å². The van der Waals surface area contributed by atoms with Gasteiger partial charge in [0.2, 0.25) is 5.95 Å². The molecule has 0 aliphatic heterocycles. The largest absolute Gasteiger partial charge is 0.292 e. The fourth-order valence-corrected chi connectivity index (χ4v) is 1.79. The average Bonchev–Trinajstić information content (AvgIpc) is 2.58. The van der Waals surface area contributed by atoms with Crippen molar-refractivity contribution >= 4 is 21.9 Å². The Bertz CT molecular complexity index is 562. The van der Waals surface area contributed by atoms with Crippen molar-refractivity contribution in [2.24, 2.45) is 5.84 Å². The van der Waals surface area contributed by atoms with Crippen LogP contribution in [0, 0.1) is 20.8 Å². The number of hydrogen-bond acceptors (Lipinski definition) is 5.